The van der Waals surface area contributed by atoms with Crippen LogP contribution in [-0.4, -0.2) is 45.8 Å². The van der Waals surface area contributed by atoms with E-state index >= 15 is 0 Å². The molecule has 8 nitrogen and oxygen atoms in total. The molecule has 1 unspecified atom stereocenters. The highest BCUT2D eigenvalue weighted by molar-refractivity contribution is 5.93. The lowest BCUT2D eigenvalue weighted by Crippen LogP contribution is -2.36. The van der Waals surface area contributed by atoms with Gasteiger partial charge >= 0.3 is 0 Å². The maximum Gasteiger partial charge on any atom is 0.293 e. The Kier molecular flexibility index (Phi) is 5.31. The van der Waals surface area contributed by atoms with E-state index < -0.39 is 0 Å². The average molecular weight is 422 g/mol. The van der Waals surface area contributed by atoms with Crippen LogP contribution in [0.5, 0.6) is 0 Å². The Labute approximate surface area is 179 Å². The number of aromatic nitrogens is 3. The van der Waals surface area contributed by atoms with Gasteiger partial charge in [0.15, 0.2) is 0 Å². The summed E-state index contributed by atoms with van der Waals surface area (Å²) >= 11 is 0. The van der Waals surface area contributed by atoms with Crippen LogP contribution in [0, 0.1) is 0 Å². The fourth-order valence-electron chi connectivity index (χ4n) is 4.81. The molecular weight excluding hydrogens is 396 g/mol. The van der Waals surface area contributed by atoms with E-state index in [2.05, 4.69) is 5.16 Å². The van der Waals surface area contributed by atoms with Crippen LogP contribution in [0.3, 0.4) is 0 Å². The summed E-state index contributed by atoms with van der Waals surface area (Å²) in [5.74, 6) is 0.812. The fraction of sp³-hybridized carbons (Fsp3) is 0.478. The lowest BCUT2D eigenvalue weighted by atomic mass is 9.96. The molecule has 162 valence electrons. The van der Waals surface area contributed by atoms with Crippen molar-refractivity contribution < 1.29 is 14.1 Å². The van der Waals surface area contributed by atoms with Gasteiger partial charge in [0, 0.05) is 19.2 Å². The van der Waals surface area contributed by atoms with Crippen molar-refractivity contribution in [3.05, 3.63) is 57.5 Å². The van der Waals surface area contributed by atoms with Crippen molar-refractivity contribution in [3.8, 4) is 0 Å². The van der Waals surface area contributed by atoms with E-state index in [0.717, 1.165) is 49.8 Å². The third kappa shape index (κ3) is 3.44. The van der Waals surface area contributed by atoms with E-state index in [1.54, 1.807) is 22.6 Å². The monoisotopic (exact) mass is 422 g/mol. The third-order valence-electron chi connectivity index (χ3n) is 6.38. The van der Waals surface area contributed by atoms with E-state index in [1.165, 1.54) is 0 Å². The molecule has 1 atom stereocenters. The van der Waals surface area contributed by atoms with Crippen LogP contribution in [0.4, 0.5) is 0 Å². The summed E-state index contributed by atoms with van der Waals surface area (Å²) in [5.41, 5.74) is 2.40. The zero-order chi connectivity index (χ0) is 21.4. The molecule has 1 aromatic carbocycles. The largest absolute Gasteiger partial charge is 0.383 e. The molecule has 0 spiro atoms. The van der Waals surface area contributed by atoms with Gasteiger partial charge in [-0.2, -0.15) is 0 Å². The number of hydrogen-bond acceptors (Lipinski definition) is 6. The normalized spacial score (nSPS) is 18.5. The van der Waals surface area contributed by atoms with Gasteiger partial charge in [-0.25, -0.2) is 4.98 Å². The summed E-state index contributed by atoms with van der Waals surface area (Å²) in [5, 5.41) is 4.72. The Morgan fingerprint density at radius 2 is 2.06 bits per heavy atom. The minimum Gasteiger partial charge on any atom is -0.383 e. The number of aryl methyl sites for hydroxylation is 1. The summed E-state index contributed by atoms with van der Waals surface area (Å²) < 4.78 is 12.4. The molecule has 2 aliphatic rings. The minimum absolute atomic E-state index is 0.103. The topological polar surface area (TPSA) is 90.5 Å². The maximum absolute atomic E-state index is 13.5. The van der Waals surface area contributed by atoms with Gasteiger partial charge in [-0.05, 0) is 50.7 Å². The first-order valence-electron chi connectivity index (χ1n) is 11.0. The highest BCUT2D eigenvalue weighted by Crippen LogP contribution is 2.34. The van der Waals surface area contributed by atoms with Crippen molar-refractivity contribution in [1.29, 1.82) is 0 Å². The van der Waals surface area contributed by atoms with Crippen LogP contribution in [0.2, 0.25) is 0 Å². The minimum atomic E-state index is -0.286. The number of fused-ring (bicyclic) bond motifs is 2. The van der Waals surface area contributed by atoms with Gasteiger partial charge in [0.05, 0.1) is 35.8 Å². The van der Waals surface area contributed by atoms with Crippen LogP contribution in [0.1, 0.15) is 59.4 Å². The number of methoxy groups -OCH3 is 1. The van der Waals surface area contributed by atoms with E-state index in [1.807, 2.05) is 18.2 Å². The molecule has 3 heterocycles. The van der Waals surface area contributed by atoms with Crippen molar-refractivity contribution in [2.75, 3.05) is 20.3 Å². The zero-order valence-electron chi connectivity index (χ0n) is 17.7. The number of rotatable bonds is 5. The Hall–Kier alpha value is -3.00. The Morgan fingerprint density at radius 1 is 1.23 bits per heavy atom. The van der Waals surface area contributed by atoms with Crippen LogP contribution < -0.4 is 5.56 Å². The maximum atomic E-state index is 13.5. The van der Waals surface area contributed by atoms with Gasteiger partial charge in [0.1, 0.15) is 5.82 Å². The summed E-state index contributed by atoms with van der Waals surface area (Å²) in [6.45, 7) is 1.38. The van der Waals surface area contributed by atoms with E-state index in [4.69, 9.17) is 14.2 Å². The Balaban J connectivity index is 1.56. The van der Waals surface area contributed by atoms with Crippen molar-refractivity contribution in [2.45, 2.75) is 51.1 Å². The summed E-state index contributed by atoms with van der Waals surface area (Å²) in [6.07, 6.45) is 5.40. The van der Waals surface area contributed by atoms with Gasteiger partial charge in [-0.1, -0.05) is 17.3 Å². The first kappa shape index (κ1) is 19.9. The van der Waals surface area contributed by atoms with Crippen molar-refractivity contribution >= 4 is 16.8 Å². The molecular formula is C23H26N4O4. The Morgan fingerprint density at radius 3 is 2.94 bits per heavy atom. The highest BCUT2D eigenvalue weighted by atomic mass is 16.5. The number of benzene rings is 1. The third-order valence-corrected chi connectivity index (χ3v) is 6.38. The summed E-state index contributed by atoms with van der Waals surface area (Å²) in [6, 6.07) is 7.05. The molecule has 1 aliphatic heterocycles. The van der Waals surface area contributed by atoms with Crippen LogP contribution >= 0.6 is 0 Å². The van der Waals surface area contributed by atoms with Crippen LogP contribution in [0.25, 0.3) is 10.9 Å². The molecule has 1 aliphatic carbocycles. The van der Waals surface area contributed by atoms with Gasteiger partial charge in [0.25, 0.3) is 11.5 Å². The summed E-state index contributed by atoms with van der Waals surface area (Å²) in [4.78, 5) is 33.4. The molecule has 8 heteroatoms. The molecule has 1 saturated heterocycles. The molecule has 0 radical (unpaired) electrons. The van der Waals surface area contributed by atoms with E-state index in [9.17, 15) is 9.59 Å². The molecule has 2 aromatic heterocycles. The smallest absolute Gasteiger partial charge is 0.293 e. The van der Waals surface area contributed by atoms with Gasteiger partial charge in [0.2, 0.25) is 5.76 Å². The zero-order valence-corrected chi connectivity index (χ0v) is 17.7. The fourth-order valence-corrected chi connectivity index (χ4v) is 4.81. The first-order chi connectivity index (χ1) is 15.2. The second-order valence-electron chi connectivity index (χ2n) is 8.24. The standard InChI is InChI=1S/C23H26N4O4/c1-30-14-13-27-21(24-17-9-4-3-8-16(17)22(27)28)19-11-6-12-26(19)23(29)20-15-7-2-5-10-18(15)25-31-20/h3-4,8-9,19H,2,5-7,10-14H2,1H3. The molecule has 5 rings (SSSR count). The number of likely N-dealkylation sites (tertiary alicyclic amines) is 1. The number of carbonyl (C=O) groups excluding carboxylic acids is 1. The molecule has 1 fully saturated rings. The van der Waals surface area contributed by atoms with Crippen molar-refractivity contribution in [1.82, 2.24) is 19.6 Å². The molecule has 1 amide bonds. The number of carbonyl (C=O) groups is 1. The number of para-hydroxylation sites is 1. The van der Waals surface area contributed by atoms with E-state index in [-0.39, 0.29) is 17.5 Å². The summed E-state index contributed by atoms with van der Waals surface area (Å²) in [7, 11) is 1.61. The molecule has 3 aromatic rings. The van der Waals surface area contributed by atoms with Crippen molar-refractivity contribution in [3.63, 3.8) is 0 Å². The van der Waals surface area contributed by atoms with Crippen LogP contribution in [0.15, 0.2) is 33.6 Å². The van der Waals surface area contributed by atoms with E-state index in [0.29, 0.717) is 42.2 Å². The number of nitrogens with zero attached hydrogens (tertiary/aromatic N) is 4. The predicted octanol–water partition coefficient (Wildman–Crippen LogP) is 2.89. The lowest BCUT2D eigenvalue weighted by molar-refractivity contribution is 0.0681. The molecule has 0 N–H and O–H groups in total. The predicted molar refractivity (Wildman–Crippen MR) is 114 cm³/mol. The number of amides is 1. The van der Waals surface area contributed by atoms with Crippen LogP contribution in [-0.2, 0) is 24.1 Å². The van der Waals surface area contributed by atoms with Gasteiger partial charge in [-0.3, -0.25) is 14.2 Å². The SMILES string of the molecule is COCCn1c(C2CCCN2C(=O)c2onc3c2CCCC3)nc2ccccc2c1=O. The quantitative estimate of drug-likeness (QED) is 0.628. The second-order valence-corrected chi connectivity index (χ2v) is 8.24. The van der Waals surface area contributed by atoms with Gasteiger partial charge < -0.3 is 14.2 Å². The molecule has 31 heavy (non-hydrogen) atoms. The number of hydrogen-bond donors (Lipinski definition) is 0. The van der Waals surface area contributed by atoms with Gasteiger partial charge in [-0.15, -0.1) is 0 Å². The first-order valence-corrected chi connectivity index (χ1v) is 11.0. The van der Waals surface area contributed by atoms with Crippen molar-refractivity contribution in [2.24, 2.45) is 0 Å². The Bertz CT molecular complexity index is 1180. The highest BCUT2D eigenvalue weighted by Gasteiger charge is 2.37. The molecule has 0 saturated carbocycles. The molecule has 0 bridgehead atoms. The average Bonchev–Trinajstić information content (AvgIpc) is 3.45. The number of ether oxygens (including phenoxy) is 1. The second kappa shape index (κ2) is 8.26. The lowest BCUT2D eigenvalue weighted by Gasteiger charge is -2.26.